The Morgan fingerprint density at radius 3 is 2.41 bits per heavy atom. The molecule has 0 amide bonds. The largest absolute Gasteiger partial charge is 0.493 e. The summed E-state index contributed by atoms with van der Waals surface area (Å²) in [6.45, 7) is 0.718. The Morgan fingerprint density at radius 1 is 0.882 bits per heavy atom. The molecule has 0 heterocycles. The lowest BCUT2D eigenvalue weighted by Crippen LogP contribution is -2.01. The maximum Gasteiger partial charge on any atom is 0.119 e. The van der Waals surface area contributed by atoms with E-state index in [1.165, 1.54) is 11.1 Å². The summed E-state index contributed by atoms with van der Waals surface area (Å²) >= 11 is 3.44. The van der Waals surface area contributed by atoms with Crippen molar-refractivity contribution < 1.29 is 4.74 Å². The molecule has 0 aliphatic rings. The van der Waals surface area contributed by atoms with Crippen molar-refractivity contribution in [3.05, 3.63) is 65.7 Å². The number of halogens is 1. The second-order valence-electron chi connectivity index (χ2n) is 3.87. The fourth-order valence-corrected chi connectivity index (χ4v) is 2.00. The minimum absolute atomic E-state index is 0.718. The Hall–Kier alpha value is -1.28. The van der Waals surface area contributed by atoms with Crippen LogP contribution in [-0.2, 0) is 11.8 Å². The number of hydrogen-bond acceptors (Lipinski definition) is 1. The van der Waals surface area contributed by atoms with E-state index in [4.69, 9.17) is 4.74 Å². The SMILES string of the molecule is BrCc1cccc(OCCc2ccccc2)c1. The molecule has 0 spiro atoms. The number of hydrogen-bond donors (Lipinski definition) is 0. The Labute approximate surface area is 111 Å². The van der Waals surface area contributed by atoms with E-state index >= 15 is 0 Å². The third-order valence-electron chi connectivity index (χ3n) is 2.56. The van der Waals surface area contributed by atoms with E-state index in [1.807, 2.05) is 18.2 Å². The van der Waals surface area contributed by atoms with Crippen LogP contribution in [0.5, 0.6) is 5.75 Å². The lowest BCUT2D eigenvalue weighted by atomic mass is 10.2. The van der Waals surface area contributed by atoms with E-state index in [0.29, 0.717) is 0 Å². The summed E-state index contributed by atoms with van der Waals surface area (Å²) in [5.74, 6) is 0.942. The van der Waals surface area contributed by atoms with Crippen LogP contribution in [0.1, 0.15) is 11.1 Å². The molecule has 0 fully saturated rings. The van der Waals surface area contributed by atoms with Gasteiger partial charge in [0.2, 0.25) is 0 Å². The molecule has 2 heteroatoms. The van der Waals surface area contributed by atoms with Crippen LogP contribution in [0.2, 0.25) is 0 Å². The van der Waals surface area contributed by atoms with Crippen LogP contribution in [-0.4, -0.2) is 6.61 Å². The molecule has 0 unspecified atom stereocenters. The average Bonchev–Trinajstić information content (AvgIpc) is 2.40. The molecule has 17 heavy (non-hydrogen) atoms. The zero-order chi connectivity index (χ0) is 11.9. The van der Waals surface area contributed by atoms with Gasteiger partial charge in [0.25, 0.3) is 0 Å². The summed E-state index contributed by atoms with van der Waals surface area (Å²) in [5.41, 5.74) is 2.55. The van der Waals surface area contributed by atoms with Crippen LogP contribution >= 0.6 is 15.9 Å². The van der Waals surface area contributed by atoms with Crippen molar-refractivity contribution in [2.24, 2.45) is 0 Å². The molecule has 0 saturated heterocycles. The molecule has 0 aromatic heterocycles. The smallest absolute Gasteiger partial charge is 0.119 e. The third-order valence-corrected chi connectivity index (χ3v) is 3.20. The van der Waals surface area contributed by atoms with Gasteiger partial charge in [-0.2, -0.15) is 0 Å². The highest BCUT2D eigenvalue weighted by molar-refractivity contribution is 9.08. The molecule has 0 atom stereocenters. The maximum absolute atomic E-state index is 5.73. The normalized spacial score (nSPS) is 10.2. The summed E-state index contributed by atoms with van der Waals surface area (Å²) in [7, 11) is 0. The molecule has 0 N–H and O–H groups in total. The van der Waals surface area contributed by atoms with Gasteiger partial charge in [-0.1, -0.05) is 58.4 Å². The fraction of sp³-hybridized carbons (Fsp3) is 0.200. The second-order valence-corrected chi connectivity index (χ2v) is 4.43. The van der Waals surface area contributed by atoms with Gasteiger partial charge in [0.1, 0.15) is 5.75 Å². The topological polar surface area (TPSA) is 9.23 Å². The van der Waals surface area contributed by atoms with E-state index in [2.05, 4.69) is 52.3 Å². The van der Waals surface area contributed by atoms with E-state index in [9.17, 15) is 0 Å². The average molecular weight is 291 g/mol. The van der Waals surface area contributed by atoms with Gasteiger partial charge < -0.3 is 4.74 Å². The third kappa shape index (κ3) is 3.90. The molecular formula is C15H15BrO. The lowest BCUT2D eigenvalue weighted by Gasteiger charge is -2.07. The highest BCUT2D eigenvalue weighted by Gasteiger charge is 1.96. The van der Waals surface area contributed by atoms with Crippen LogP contribution < -0.4 is 4.74 Å². The van der Waals surface area contributed by atoms with Crippen molar-refractivity contribution in [1.29, 1.82) is 0 Å². The Morgan fingerprint density at radius 2 is 1.65 bits per heavy atom. The maximum atomic E-state index is 5.73. The minimum Gasteiger partial charge on any atom is -0.493 e. The van der Waals surface area contributed by atoms with Crippen LogP contribution in [0, 0.1) is 0 Å². The number of rotatable bonds is 5. The molecule has 0 saturated carbocycles. The fourth-order valence-electron chi connectivity index (χ4n) is 1.65. The molecule has 0 radical (unpaired) electrons. The van der Waals surface area contributed by atoms with Gasteiger partial charge in [0, 0.05) is 11.8 Å². The zero-order valence-corrected chi connectivity index (χ0v) is 11.2. The van der Waals surface area contributed by atoms with Crippen molar-refractivity contribution >= 4 is 15.9 Å². The van der Waals surface area contributed by atoms with Crippen molar-refractivity contribution in [1.82, 2.24) is 0 Å². The Bertz CT molecular complexity index is 453. The van der Waals surface area contributed by atoms with Crippen molar-refractivity contribution in [2.75, 3.05) is 6.61 Å². The van der Waals surface area contributed by atoms with Crippen molar-refractivity contribution in [3.63, 3.8) is 0 Å². The van der Waals surface area contributed by atoms with Crippen molar-refractivity contribution in [3.8, 4) is 5.75 Å². The summed E-state index contributed by atoms with van der Waals surface area (Å²) in [6.07, 6.45) is 0.944. The van der Waals surface area contributed by atoms with Crippen LogP contribution in [0.3, 0.4) is 0 Å². The lowest BCUT2D eigenvalue weighted by molar-refractivity contribution is 0.322. The first kappa shape index (κ1) is 12.2. The number of alkyl halides is 1. The predicted octanol–water partition coefficient (Wildman–Crippen LogP) is 4.20. The molecule has 2 aromatic carbocycles. The van der Waals surface area contributed by atoms with Crippen molar-refractivity contribution in [2.45, 2.75) is 11.8 Å². The highest BCUT2D eigenvalue weighted by atomic mass is 79.9. The molecule has 88 valence electrons. The van der Waals surface area contributed by atoms with Gasteiger partial charge in [0.15, 0.2) is 0 Å². The van der Waals surface area contributed by atoms with Gasteiger partial charge in [-0.25, -0.2) is 0 Å². The zero-order valence-electron chi connectivity index (χ0n) is 9.60. The molecule has 0 aliphatic heterocycles. The highest BCUT2D eigenvalue weighted by Crippen LogP contribution is 2.15. The molecule has 2 rings (SSSR count). The molecule has 0 aliphatic carbocycles. The quantitative estimate of drug-likeness (QED) is 0.750. The molecular weight excluding hydrogens is 276 g/mol. The molecule has 0 bridgehead atoms. The summed E-state index contributed by atoms with van der Waals surface area (Å²) < 4.78 is 5.73. The second kappa shape index (κ2) is 6.45. The number of benzene rings is 2. The first-order valence-electron chi connectivity index (χ1n) is 5.70. The number of ether oxygens (including phenoxy) is 1. The predicted molar refractivity (Wildman–Crippen MR) is 74.7 cm³/mol. The van der Waals surface area contributed by atoms with Gasteiger partial charge in [0.05, 0.1) is 6.61 Å². The first-order valence-corrected chi connectivity index (χ1v) is 6.82. The van der Waals surface area contributed by atoms with Crippen LogP contribution in [0.15, 0.2) is 54.6 Å². The Kier molecular flexibility index (Phi) is 4.63. The minimum atomic E-state index is 0.718. The standard InChI is InChI=1S/C15H15BrO/c16-12-14-7-4-8-15(11-14)17-10-9-13-5-2-1-3-6-13/h1-8,11H,9-10,12H2. The van der Waals surface area contributed by atoms with Gasteiger partial charge in [-0.15, -0.1) is 0 Å². The summed E-state index contributed by atoms with van der Waals surface area (Å²) in [6, 6.07) is 18.6. The van der Waals surface area contributed by atoms with E-state index in [0.717, 1.165) is 24.1 Å². The monoisotopic (exact) mass is 290 g/mol. The summed E-state index contributed by atoms with van der Waals surface area (Å²) in [5, 5.41) is 0.864. The van der Waals surface area contributed by atoms with Gasteiger partial charge in [-0.05, 0) is 23.3 Å². The van der Waals surface area contributed by atoms with Crippen LogP contribution in [0.25, 0.3) is 0 Å². The van der Waals surface area contributed by atoms with E-state index in [-0.39, 0.29) is 0 Å². The molecule has 1 nitrogen and oxygen atoms in total. The van der Waals surface area contributed by atoms with E-state index in [1.54, 1.807) is 0 Å². The van der Waals surface area contributed by atoms with Gasteiger partial charge in [-0.3, -0.25) is 0 Å². The first-order chi connectivity index (χ1) is 8.38. The van der Waals surface area contributed by atoms with Gasteiger partial charge >= 0.3 is 0 Å². The van der Waals surface area contributed by atoms with E-state index < -0.39 is 0 Å². The summed E-state index contributed by atoms with van der Waals surface area (Å²) in [4.78, 5) is 0. The molecule has 2 aromatic rings. The Balaban J connectivity index is 1.86. The van der Waals surface area contributed by atoms with Crippen LogP contribution in [0.4, 0.5) is 0 Å².